The van der Waals surface area contributed by atoms with Crippen molar-refractivity contribution in [3.63, 3.8) is 0 Å². The number of rotatable bonds is 8. The number of hydrogen-bond acceptors (Lipinski definition) is 3. The Hall–Kier alpha value is -0.860. The average Bonchev–Trinajstić information content (AvgIpc) is 2.67. The van der Waals surface area contributed by atoms with Crippen LogP contribution in [-0.2, 0) is 12.8 Å². The van der Waals surface area contributed by atoms with E-state index in [1.165, 1.54) is 37.3 Å². The Morgan fingerprint density at radius 2 is 1.63 bits per heavy atom. The smallest absolute Gasteiger partial charge is 0.193 e. The van der Waals surface area contributed by atoms with E-state index in [2.05, 4.69) is 66.0 Å². The van der Waals surface area contributed by atoms with E-state index in [4.69, 9.17) is 5.73 Å². The van der Waals surface area contributed by atoms with Gasteiger partial charge in [-0.05, 0) is 36.4 Å². The van der Waals surface area contributed by atoms with E-state index in [1.54, 1.807) is 0 Å². The normalized spacial score (nSPS) is 17.4. The van der Waals surface area contributed by atoms with Gasteiger partial charge in [-0.15, -0.1) is 24.0 Å². The molecule has 1 unspecified atom stereocenters. The second kappa shape index (κ2) is 12.6. The third-order valence-corrected chi connectivity index (χ3v) is 5.31. The van der Waals surface area contributed by atoms with Crippen molar-refractivity contribution in [2.45, 2.75) is 40.5 Å². The van der Waals surface area contributed by atoms with E-state index in [0.29, 0.717) is 11.9 Å². The van der Waals surface area contributed by atoms with Gasteiger partial charge in [0.1, 0.15) is 0 Å². The Balaban J connectivity index is 0.00000364. The van der Waals surface area contributed by atoms with E-state index in [-0.39, 0.29) is 24.0 Å². The lowest BCUT2D eigenvalue weighted by Crippen LogP contribution is -2.47. The molecule has 0 bridgehead atoms. The number of guanidine groups is 1. The molecular weight excluding hydrogens is 449 g/mol. The standard InChI is InChI=1S/C21H37N5.HI/c1-5-18-9-8-10-19(6-2)20(18)24-21(22)23-15-17(4)16-26-13-11-25(7-3)12-14-26;/h8-10,17H,5-7,11-16H2,1-4H3,(H3,22,23,24);1H. The van der Waals surface area contributed by atoms with E-state index >= 15 is 0 Å². The molecule has 0 saturated carbocycles. The summed E-state index contributed by atoms with van der Waals surface area (Å²) in [4.78, 5) is 9.68. The molecule has 1 heterocycles. The number of piperazine rings is 1. The molecule has 0 amide bonds. The number of halogens is 1. The highest BCUT2D eigenvalue weighted by Crippen LogP contribution is 2.22. The van der Waals surface area contributed by atoms with Gasteiger partial charge in [0.25, 0.3) is 0 Å². The van der Waals surface area contributed by atoms with Crippen molar-refractivity contribution in [1.82, 2.24) is 9.80 Å². The van der Waals surface area contributed by atoms with Gasteiger partial charge in [0.05, 0.1) is 0 Å². The number of aryl methyl sites for hydroxylation is 2. The summed E-state index contributed by atoms with van der Waals surface area (Å²) in [5.74, 6) is 1.04. The molecule has 1 aromatic carbocycles. The molecule has 1 aromatic rings. The molecule has 154 valence electrons. The summed E-state index contributed by atoms with van der Waals surface area (Å²) < 4.78 is 0. The van der Waals surface area contributed by atoms with Crippen LogP contribution < -0.4 is 11.1 Å². The van der Waals surface area contributed by atoms with Crippen LogP contribution in [0, 0.1) is 5.92 Å². The molecular formula is C21H38IN5. The molecule has 5 nitrogen and oxygen atoms in total. The maximum atomic E-state index is 6.19. The maximum Gasteiger partial charge on any atom is 0.193 e. The van der Waals surface area contributed by atoms with E-state index in [0.717, 1.165) is 38.2 Å². The van der Waals surface area contributed by atoms with Gasteiger partial charge in [0, 0.05) is 45.0 Å². The highest BCUT2D eigenvalue weighted by Gasteiger charge is 2.17. The summed E-state index contributed by atoms with van der Waals surface area (Å²) in [5, 5.41) is 3.36. The molecule has 6 heteroatoms. The molecule has 1 aliphatic rings. The van der Waals surface area contributed by atoms with E-state index in [9.17, 15) is 0 Å². The van der Waals surface area contributed by atoms with Gasteiger partial charge in [-0.3, -0.25) is 4.99 Å². The first-order valence-electron chi connectivity index (χ1n) is 10.2. The number of nitrogens with two attached hydrogens (primary N) is 1. The second-order valence-corrected chi connectivity index (χ2v) is 7.35. The van der Waals surface area contributed by atoms with Crippen molar-refractivity contribution in [2.75, 3.05) is 51.1 Å². The molecule has 1 saturated heterocycles. The largest absolute Gasteiger partial charge is 0.370 e. The molecule has 1 aliphatic heterocycles. The van der Waals surface area contributed by atoms with Gasteiger partial charge in [-0.25, -0.2) is 0 Å². The third-order valence-electron chi connectivity index (χ3n) is 5.31. The van der Waals surface area contributed by atoms with Crippen molar-refractivity contribution >= 4 is 35.6 Å². The van der Waals surface area contributed by atoms with E-state index in [1.807, 2.05) is 0 Å². The van der Waals surface area contributed by atoms with Gasteiger partial charge < -0.3 is 20.9 Å². The Labute approximate surface area is 182 Å². The van der Waals surface area contributed by atoms with Crippen LogP contribution in [0.1, 0.15) is 38.8 Å². The van der Waals surface area contributed by atoms with Crippen LogP contribution in [0.4, 0.5) is 5.69 Å². The molecule has 0 aromatic heterocycles. The zero-order valence-electron chi connectivity index (χ0n) is 17.5. The minimum Gasteiger partial charge on any atom is -0.370 e. The maximum absolute atomic E-state index is 6.19. The van der Waals surface area contributed by atoms with Crippen molar-refractivity contribution in [3.8, 4) is 0 Å². The Morgan fingerprint density at radius 1 is 1.07 bits per heavy atom. The molecule has 1 fully saturated rings. The number of likely N-dealkylation sites (N-methyl/N-ethyl adjacent to an activating group) is 1. The summed E-state index contributed by atoms with van der Waals surface area (Å²) in [6, 6.07) is 6.44. The minimum absolute atomic E-state index is 0. The Kier molecular flexibility index (Phi) is 11.3. The van der Waals surface area contributed by atoms with Crippen LogP contribution in [-0.4, -0.2) is 61.6 Å². The number of anilines is 1. The first-order valence-corrected chi connectivity index (χ1v) is 10.2. The van der Waals surface area contributed by atoms with Gasteiger partial charge in [0.2, 0.25) is 0 Å². The molecule has 2 rings (SSSR count). The molecule has 0 spiro atoms. The highest BCUT2D eigenvalue weighted by molar-refractivity contribution is 14.0. The average molecular weight is 487 g/mol. The number of aliphatic imine (C=N–C) groups is 1. The number of nitrogens with one attached hydrogen (secondary N) is 1. The molecule has 3 N–H and O–H groups in total. The van der Waals surface area contributed by atoms with Crippen LogP contribution in [0.25, 0.3) is 0 Å². The number of para-hydroxylation sites is 1. The second-order valence-electron chi connectivity index (χ2n) is 7.35. The summed E-state index contributed by atoms with van der Waals surface area (Å²) in [6.45, 7) is 16.6. The van der Waals surface area contributed by atoms with Crippen LogP contribution in [0.3, 0.4) is 0 Å². The summed E-state index contributed by atoms with van der Waals surface area (Å²) in [7, 11) is 0. The Morgan fingerprint density at radius 3 is 2.15 bits per heavy atom. The van der Waals surface area contributed by atoms with E-state index < -0.39 is 0 Å². The fraction of sp³-hybridized carbons (Fsp3) is 0.667. The number of nitrogens with zero attached hydrogens (tertiary/aromatic N) is 3. The lowest BCUT2D eigenvalue weighted by Gasteiger charge is -2.35. The number of benzene rings is 1. The fourth-order valence-corrected chi connectivity index (χ4v) is 3.61. The van der Waals surface area contributed by atoms with Crippen LogP contribution >= 0.6 is 24.0 Å². The zero-order valence-corrected chi connectivity index (χ0v) is 19.8. The summed E-state index contributed by atoms with van der Waals surface area (Å²) in [6.07, 6.45) is 1.98. The molecule has 0 radical (unpaired) electrons. The van der Waals surface area contributed by atoms with Crippen LogP contribution in [0.15, 0.2) is 23.2 Å². The first kappa shape index (κ1) is 24.2. The lowest BCUT2D eigenvalue weighted by atomic mass is 10.0. The van der Waals surface area contributed by atoms with Crippen molar-refractivity contribution < 1.29 is 0 Å². The topological polar surface area (TPSA) is 56.9 Å². The molecule has 27 heavy (non-hydrogen) atoms. The van der Waals surface area contributed by atoms with Crippen molar-refractivity contribution in [3.05, 3.63) is 29.3 Å². The summed E-state index contributed by atoms with van der Waals surface area (Å²) in [5.41, 5.74) is 9.92. The SMILES string of the molecule is CCc1cccc(CC)c1NC(N)=NCC(C)CN1CCN(CC)CC1.I. The first-order chi connectivity index (χ1) is 12.6. The van der Waals surface area contributed by atoms with Crippen LogP contribution in [0.2, 0.25) is 0 Å². The van der Waals surface area contributed by atoms with Crippen molar-refractivity contribution in [2.24, 2.45) is 16.6 Å². The predicted octanol–water partition coefficient (Wildman–Crippen LogP) is 3.43. The van der Waals surface area contributed by atoms with Gasteiger partial charge in [-0.2, -0.15) is 0 Å². The third kappa shape index (κ3) is 7.58. The van der Waals surface area contributed by atoms with Gasteiger partial charge in [-0.1, -0.05) is 45.9 Å². The minimum atomic E-state index is 0. The molecule has 0 aliphatic carbocycles. The zero-order chi connectivity index (χ0) is 18.9. The van der Waals surface area contributed by atoms with Crippen LogP contribution in [0.5, 0.6) is 0 Å². The van der Waals surface area contributed by atoms with Crippen molar-refractivity contribution in [1.29, 1.82) is 0 Å². The van der Waals surface area contributed by atoms with Gasteiger partial charge in [0.15, 0.2) is 5.96 Å². The fourth-order valence-electron chi connectivity index (χ4n) is 3.61. The monoisotopic (exact) mass is 487 g/mol. The molecule has 1 atom stereocenters. The highest BCUT2D eigenvalue weighted by atomic mass is 127. The lowest BCUT2D eigenvalue weighted by molar-refractivity contribution is 0.125. The number of hydrogen-bond donors (Lipinski definition) is 2. The quantitative estimate of drug-likeness (QED) is 0.335. The Bertz CT molecular complexity index is 560. The summed E-state index contributed by atoms with van der Waals surface area (Å²) >= 11 is 0. The van der Waals surface area contributed by atoms with Gasteiger partial charge >= 0.3 is 0 Å². The predicted molar refractivity (Wildman–Crippen MR) is 128 cm³/mol.